The standard InChI is InChI=1S/C24H28O3/c1-16(7-6-8-21-18(22(25)26)11-14-27-21)17-9-10-19-20(15-17)24(4,5)13-12-23(19,2)3/h6-11,14-15H,12-13H2,1-5H3,(H,25,26)/b8-6+,16-7+. The summed E-state index contributed by atoms with van der Waals surface area (Å²) in [6.45, 7) is 11.4. The molecule has 0 saturated heterocycles. The van der Waals surface area contributed by atoms with Crippen LogP contribution in [0.1, 0.15) is 80.3 Å². The highest BCUT2D eigenvalue weighted by atomic mass is 16.4. The largest absolute Gasteiger partial charge is 0.478 e. The molecule has 3 nitrogen and oxygen atoms in total. The minimum absolute atomic E-state index is 0.176. The summed E-state index contributed by atoms with van der Waals surface area (Å²) in [4.78, 5) is 11.1. The molecule has 27 heavy (non-hydrogen) atoms. The van der Waals surface area contributed by atoms with Crippen molar-refractivity contribution < 1.29 is 14.3 Å². The Morgan fingerprint density at radius 1 is 1.07 bits per heavy atom. The van der Waals surface area contributed by atoms with Gasteiger partial charge in [0.05, 0.1) is 6.26 Å². The lowest BCUT2D eigenvalue weighted by molar-refractivity contribution is 0.0696. The van der Waals surface area contributed by atoms with E-state index in [1.807, 2.05) is 12.2 Å². The molecule has 0 radical (unpaired) electrons. The lowest BCUT2D eigenvalue weighted by atomic mass is 9.63. The van der Waals surface area contributed by atoms with Crippen LogP contribution in [0.3, 0.4) is 0 Å². The first-order chi connectivity index (χ1) is 12.6. The van der Waals surface area contributed by atoms with Crippen LogP contribution in [0.15, 0.2) is 47.1 Å². The first-order valence-electron chi connectivity index (χ1n) is 9.43. The van der Waals surface area contributed by atoms with Crippen molar-refractivity contribution >= 4 is 17.6 Å². The zero-order valence-corrected chi connectivity index (χ0v) is 16.8. The molecule has 0 fully saturated rings. The summed E-state index contributed by atoms with van der Waals surface area (Å²) in [5, 5.41) is 9.14. The summed E-state index contributed by atoms with van der Waals surface area (Å²) in [5.74, 6) is -0.622. The molecule has 2 aromatic rings. The maximum Gasteiger partial charge on any atom is 0.339 e. The molecule has 0 atom stereocenters. The fourth-order valence-electron chi connectivity index (χ4n) is 3.84. The second-order valence-corrected chi connectivity index (χ2v) is 8.74. The van der Waals surface area contributed by atoms with Gasteiger partial charge in [0.25, 0.3) is 0 Å². The van der Waals surface area contributed by atoms with E-state index in [1.54, 1.807) is 6.08 Å². The Morgan fingerprint density at radius 2 is 1.74 bits per heavy atom. The molecule has 0 unspecified atom stereocenters. The summed E-state index contributed by atoms with van der Waals surface area (Å²) < 4.78 is 5.24. The number of hydrogen-bond donors (Lipinski definition) is 1. The highest BCUT2D eigenvalue weighted by molar-refractivity contribution is 5.91. The second kappa shape index (κ2) is 6.88. The van der Waals surface area contributed by atoms with Crippen molar-refractivity contribution in [2.75, 3.05) is 0 Å². The van der Waals surface area contributed by atoms with Gasteiger partial charge in [-0.25, -0.2) is 4.79 Å². The molecule has 3 rings (SSSR count). The third-order valence-electron chi connectivity index (χ3n) is 5.83. The fraction of sp³-hybridized carbons (Fsp3) is 0.375. The molecule has 0 amide bonds. The van der Waals surface area contributed by atoms with Crippen molar-refractivity contribution in [2.45, 2.75) is 58.3 Å². The van der Waals surface area contributed by atoms with Crippen LogP contribution in [-0.2, 0) is 10.8 Å². The number of rotatable bonds is 4. The van der Waals surface area contributed by atoms with E-state index in [4.69, 9.17) is 9.52 Å². The molecular formula is C24H28O3. The quantitative estimate of drug-likeness (QED) is 0.635. The summed E-state index contributed by atoms with van der Waals surface area (Å²) in [5.41, 5.74) is 5.79. The van der Waals surface area contributed by atoms with Gasteiger partial charge in [0, 0.05) is 0 Å². The zero-order chi connectivity index (χ0) is 19.8. The molecule has 1 aliphatic rings. The third kappa shape index (κ3) is 3.78. The van der Waals surface area contributed by atoms with Gasteiger partial charge in [0.1, 0.15) is 11.3 Å². The third-order valence-corrected chi connectivity index (χ3v) is 5.83. The van der Waals surface area contributed by atoms with Gasteiger partial charge < -0.3 is 9.52 Å². The molecule has 1 N–H and O–H groups in total. The zero-order valence-electron chi connectivity index (χ0n) is 16.8. The Balaban J connectivity index is 1.90. The lowest BCUT2D eigenvalue weighted by Crippen LogP contribution is -2.33. The van der Waals surface area contributed by atoms with Gasteiger partial charge in [0.2, 0.25) is 0 Å². The summed E-state index contributed by atoms with van der Waals surface area (Å²) >= 11 is 0. The van der Waals surface area contributed by atoms with Crippen molar-refractivity contribution in [3.63, 3.8) is 0 Å². The van der Waals surface area contributed by atoms with Gasteiger partial charge >= 0.3 is 5.97 Å². The number of carboxylic acid groups (broad SMARTS) is 1. The number of allylic oxidation sites excluding steroid dienone is 3. The number of fused-ring (bicyclic) bond motifs is 1. The van der Waals surface area contributed by atoms with Crippen molar-refractivity contribution in [1.82, 2.24) is 0 Å². The van der Waals surface area contributed by atoms with E-state index in [-0.39, 0.29) is 16.4 Å². The smallest absolute Gasteiger partial charge is 0.339 e. The van der Waals surface area contributed by atoms with Gasteiger partial charge in [0.15, 0.2) is 0 Å². The Hall–Kier alpha value is -2.55. The maximum atomic E-state index is 11.1. The van der Waals surface area contributed by atoms with Crippen LogP contribution in [-0.4, -0.2) is 11.1 Å². The molecule has 1 aromatic carbocycles. The van der Waals surface area contributed by atoms with Crippen LogP contribution in [0.25, 0.3) is 11.6 Å². The molecule has 0 aliphatic heterocycles. The van der Waals surface area contributed by atoms with Gasteiger partial charge in [-0.2, -0.15) is 0 Å². The molecule has 1 heterocycles. The number of benzene rings is 1. The molecule has 1 aliphatic carbocycles. The van der Waals surface area contributed by atoms with Gasteiger partial charge in [-0.15, -0.1) is 0 Å². The van der Waals surface area contributed by atoms with Gasteiger partial charge in [-0.05, 0) is 65.0 Å². The predicted molar refractivity (Wildman–Crippen MR) is 110 cm³/mol. The van der Waals surface area contributed by atoms with E-state index in [1.165, 1.54) is 41.9 Å². The molecular weight excluding hydrogens is 336 g/mol. The monoisotopic (exact) mass is 364 g/mol. The molecule has 3 heteroatoms. The normalized spacial score (nSPS) is 18.5. The van der Waals surface area contributed by atoms with Crippen molar-refractivity contribution in [1.29, 1.82) is 0 Å². The van der Waals surface area contributed by atoms with E-state index in [0.717, 1.165) is 5.57 Å². The number of furan rings is 1. The van der Waals surface area contributed by atoms with E-state index in [0.29, 0.717) is 5.76 Å². The predicted octanol–water partition coefficient (Wildman–Crippen LogP) is 6.44. The Labute approximate surface area is 161 Å². The van der Waals surface area contributed by atoms with E-state index >= 15 is 0 Å². The average molecular weight is 364 g/mol. The SMILES string of the molecule is C/C(=C\C=C\c1occc1C(=O)O)c1ccc2c(c1)C(C)(C)CCC2(C)C. The molecule has 142 valence electrons. The van der Waals surface area contributed by atoms with Crippen molar-refractivity contribution in [3.05, 3.63) is 70.7 Å². The molecule has 0 spiro atoms. The van der Waals surface area contributed by atoms with E-state index < -0.39 is 5.97 Å². The Morgan fingerprint density at radius 3 is 2.41 bits per heavy atom. The summed E-state index contributed by atoms with van der Waals surface area (Å²) in [7, 11) is 0. The number of aromatic carboxylic acids is 1. The van der Waals surface area contributed by atoms with Crippen LogP contribution >= 0.6 is 0 Å². The minimum Gasteiger partial charge on any atom is -0.478 e. The van der Waals surface area contributed by atoms with Crippen molar-refractivity contribution in [3.8, 4) is 0 Å². The number of hydrogen-bond acceptors (Lipinski definition) is 2. The van der Waals surface area contributed by atoms with Gasteiger partial charge in [-0.3, -0.25) is 0 Å². The van der Waals surface area contributed by atoms with E-state index in [9.17, 15) is 4.79 Å². The topological polar surface area (TPSA) is 50.4 Å². The van der Waals surface area contributed by atoms with Crippen LogP contribution in [0, 0.1) is 0 Å². The lowest BCUT2D eigenvalue weighted by Gasteiger charge is -2.42. The average Bonchev–Trinajstić information content (AvgIpc) is 3.07. The first-order valence-corrected chi connectivity index (χ1v) is 9.43. The highest BCUT2D eigenvalue weighted by Gasteiger charge is 2.36. The van der Waals surface area contributed by atoms with Crippen molar-refractivity contribution in [2.24, 2.45) is 0 Å². The summed E-state index contributed by atoms with van der Waals surface area (Å²) in [6.07, 6.45) is 9.33. The maximum absolute atomic E-state index is 11.1. The second-order valence-electron chi connectivity index (χ2n) is 8.74. The number of carbonyl (C=O) groups is 1. The number of carboxylic acids is 1. The van der Waals surface area contributed by atoms with E-state index in [2.05, 4.69) is 52.8 Å². The molecule has 1 aromatic heterocycles. The highest BCUT2D eigenvalue weighted by Crippen LogP contribution is 2.46. The first kappa shape index (κ1) is 19.2. The Kier molecular flexibility index (Phi) is 4.90. The van der Waals surface area contributed by atoms with Crippen LogP contribution in [0.5, 0.6) is 0 Å². The van der Waals surface area contributed by atoms with Crippen LogP contribution in [0.4, 0.5) is 0 Å². The minimum atomic E-state index is -0.983. The van der Waals surface area contributed by atoms with Crippen LogP contribution < -0.4 is 0 Å². The fourth-order valence-corrected chi connectivity index (χ4v) is 3.84. The molecule has 0 bridgehead atoms. The molecule has 0 saturated carbocycles. The van der Waals surface area contributed by atoms with Gasteiger partial charge in [-0.1, -0.05) is 58.0 Å². The Bertz CT molecular complexity index is 923. The summed E-state index contributed by atoms with van der Waals surface area (Å²) in [6, 6.07) is 8.26. The van der Waals surface area contributed by atoms with Crippen LogP contribution in [0.2, 0.25) is 0 Å².